The maximum Gasteiger partial charge on any atom is 0.212 e. The van der Waals surface area contributed by atoms with Crippen molar-refractivity contribution in [2.24, 2.45) is 16.7 Å². The van der Waals surface area contributed by atoms with Gasteiger partial charge in [-0.3, -0.25) is 4.79 Å². The molecule has 0 aromatic heterocycles. The summed E-state index contributed by atoms with van der Waals surface area (Å²) in [5, 5.41) is 0. The standard InChI is InChI=1S/C13H20BrNO3S/c1-4-7-15-19(17,18)8-13(3)9-5-6-12(13,2)11(16)10(9)14/h4,9-10,15H,1,5-8H2,2-3H3/t9-,10+,12-,13-/m0/s1. The zero-order valence-electron chi connectivity index (χ0n) is 11.3. The molecule has 2 bridgehead atoms. The lowest BCUT2D eigenvalue weighted by Crippen LogP contribution is -2.43. The molecule has 0 unspecified atom stereocenters. The molecule has 6 heteroatoms. The molecule has 0 aromatic carbocycles. The summed E-state index contributed by atoms with van der Waals surface area (Å²) in [6.07, 6.45) is 3.21. The minimum Gasteiger partial charge on any atom is -0.298 e. The Morgan fingerprint density at radius 3 is 2.63 bits per heavy atom. The average Bonchev–Trinajstić information content (AvgIpc) is 2.63. The van der Waals surface area contributed by atoms with Crippen LogP contribution in [0, 0.1) is 16.7 Å². The van der Waals surface area contributed by atoms with E-state index < -0.39 is 20.9 Å². The number of hydrogen-bond acceptors (Lipinski definition) is 3. The summed E-state index contributed by atoms with van der Waals surface area (Å²) in [7, 11) is -3.39. The second kappa shape index (κ2) is 4.67. The number of hydrogen-bond donors (Lipinski definition) is 1. The molecule has 0 radical (unpaired) electrons. The van der Waals surface area contributed by atoms with Gasteiger partial charge in [0.1, 0.15) is 0 Å². The molecule has 0 spiro atoms. The molecule has 2 aliphatic rings. The molecule has 1 N–H and O–H groups in total. The third kappa shape index (κ3) is 2.12. The Kier molecular flexibility index (Phi) is 3.73. The summed E-state index contributed by atoms with van der Waals surface area (Å²) in [4.78, 5) is 12.1. The van der Waals surface area contributed by atoms with Crippen molar-refractivity contribution in [1.29, 1.82) is 0 Å². The maximum absolute atomic E-state index is 12.3. The van der Waals surface area contributed by atoms with Crippen molar-refractivity contribution in [1.82, 2.24) is 4.72 Å². The second-order valence-electron chi connectivity index (χ2n) is 6.06. The maximum atomic E-state index is 12.3. The van der Waals surface area contributed by atoms with Gasteiger partial charge in [-0.05, 0) is 24.2 Å². The van der Waals surface area contributed by atoms with Crippen LogP contribution in [0.15, 0.2) is 12.7 Å². The van der Waals surface area contributed by atoms with E-state index >= 15 is 0 Å². The van der Waals surface area contributed by atoms with E-state index in [0.717, 1.165) is 12.8 Å². The smallest absolute Gasteiger partial charge is 0.212 e. The van der Waals surface area contributed by atoms with E-state index in [0.29, 0.717) is 0 Å². The van der Waals surface area contributed by atoms with Crippen LogP contribution in [0.5, 0.6) is 0 Å². The fourth-order valence-electron chi connectivity index (χ4n) is 3.72. The highest BCUT2D eigenvalue weighted by Gasteiger charge is 2.68. The number of nitrogens with one attached hydrogen (secondary N) is 1. The van der Waals surface area contributed by atoms with Crippen molar-refractivity contribution in [3.05, 3.63) is 12.7 Å². The first-order valence-electron chi connectivity index (χ1n) is 6.44. The number of fused-ring (bicyclic) bond motifs is 2. The van der Waals surface area contributed by atoms with Gasteiger partial charge in [0, 0.05) is 12.0 Å². The Hall–Kier alpha value is -0.200. The lowest BCUT2D eigenvalue weighted by molar-refractivity contribution is -0.127. The fraction of sp³-hybridized carbons (Fsp3) is 0.769. The highest BCUT2D eigenvalue weighted by molar-refractivity contribution is 9.10. The molecular formula is C13H20BrNO3S. The molecule has 0 aromatic rings. The van der Waals surface area contributed by atoms with Gasteiger partial charge in [-0.2, -0.15) is 0 Å². The Bertz CT molecular complexity index is 518. The van der Waals surface area contributed by atoms with E-state index in [1.54, 1.807) is 0 Å². The zero-order valence-corrected chi connectivity index (χ0v) is 13.7. The van der Waals surface area contributed by atoms with Gasteiger partial charge in [0.2, 0.25) is 10.0 Å². The predicted molar refractivity (Wildman–Crippen MR) is 78.6 cm³/mol. The molecule has 2 aliphatic carbocycles. The zero-order chi connectivity index (χ0) is 14.5. The minimum absolute atomic E-state index is 0.00282. The van der Waals surface area contributed by atoms with Gasteiger partial charge in [0.25, 0.3) is 0 Å². The van der Waals surface area contributed by atoms with Crippen molar-refractivity contribution < 1.29 is 13.2 Å². The number of carbonyl (C=O) groups excluding carboxylic acids is 1. The summed E-state index contributed by atoms with van der Waals surface area (Å²) in [5.74, 6) is 0.263. The van der Waals surface area contributed by atoms with E-state index in [4.69, 9.17) is 0 Å². The van der Waals surface area contributed by atoms with E-state index in [9.17, 15) is 13.2 Å². The molecule has 0 aliphatic heterocycles. The highest BCUT2D eigenvalue weighted by atomic mass is 79.9. The molecule has 0 heterocycles. The predicted octanol–water partition coefficient (Wildman–Crippen LogP) is 1.86. The molecule has 2 fully saturated rings. The fourth-order valence-corrected chi connectivity index (χ4v) is 6.87. The molecule has 4 atom stereocenters. The first-order valence-corrected chi connectivity index (χ1v) is 9.01. The van der Waals surface area contributed by atoms with E-state index in [1.165, 1.54) is 6.08 Å². The van der Waals surface area contributed by atoms with Gasteiger partial charge in [0.15, 0.2) is 5.78 Å². The van der Waals surface area contributed by atoms with Crippen molar-refractivity contribution in [3.63, 3.8) is 0 Å². The second-order valence-corrected chi connectivity index (χ2v) is 8.85. The van der Waals surface area contributed by atoms with Gasteiger partial charge < -0.3 is 0 Å². The number of rotatable bonds is 5. The average molecular weight is 350 g/mol. The SMILES string of the molecule is C=CCNS(=O)(=O)C[C@@]1(C)[C@H]2CC[C@@]1(C)C(=O)[C@@H]2Br. The van der Waals surface area contributed by atoms with Gasteiger partial charge in [-0.1, -0.05) is 35.9 Å². The van der Waals surface area contributed by atoms with Crippen LogP contribution < -0.4 is 4.72 Å². The minimum atomic E-state index is -3.39. The summed E-state index contributed by atoms with van der Waals surface area (Å²) in [6, 6.07) is 0. The molecule has 19 heavy (non-hydrogen) atoms. The highest BCUT2D eigenvalue weighted by Crippen LogP contribution is 2.65. The van der Waals surface area contributed by atoms with E-state index in [-0.39, 0.29) is 28.8 Å². The summed E-state index contributed by atoms with van der Waals surface area (Å²) < 4.78 is 26.8. The van der Waals surface area contributed by atoms with E-state index in [1.807, 2.05) is 13.8 Å². The van der Waals surface area contributed by atoms with Gasteiger partial charge in [-0.25, -0.2) is 13.1 Å². The van der Waals surface area contributed by atoms with Crippen molar-refractivity contribution in [2.75, 3.05) is 12.3 Å². The Balaban J connectivity index is 2.29. The molecule has 4 nitrogen and oxygen atoms in total. The third-order valence-electron chi connectivity index (χ3n) is 5.12. The van der Waals surface area contributed by atoms with E-state index in [2.05, 4.69) is 27.2 Å². The van der Waals surface area contributed by atoms with Crippen LogP contribution in [0.2, 0.25) is 0 Å². The lowest BCUT2D eigenvalue weighted by atomic mass is 9.70. The quantitative estimate of drug-likeness (QED) is 0.608. The first kappa shape index (κ1) is 15.2. The van der Waals surface area contributed by atoms with Crippen LogP contribution in [0.1, 0.15) is 26.7 Å². The summed E-state index contributed by atoms with van der Waals surface area (Å²) in [5.41, 5.74) is -1.03. The first-order chi connectivity index (χ1) is 8.68. The number of halogens is 1. The Morgan fingerprint density at radius 2 is 2.16 bits per heavy atom. The lowest BCUT2D eigenvalue weighted by Gasteiger charge is -2.36. The molecule has 108 valence electrons. The number of Topliss-reactive ketones (excluding diaryl/α,β-unsaturated/α-hetero) is 1. The number of ketones is 1. The molecule has 2 rings (SSSR count). The molecular weight excluding hydrogens is 330 g/mol. The number of sulfonamides is 1. The molecule has 0 saturated heterocycles. The number of alkyl halides is 1. The van der Waals surface area contributed by atoms with Gasteiger partial charge in [0.05, 0.1) is 10.6 Å². The Labute approximate surface area is 123 Å². The summed E-state index contributed by atoms with van der Waals surface area (Å²) >= 11 is 3.45. The monoisotopic (exact) mass is 349 g/mol. The van der Waals surface area contributed by atoms with Crippen LogP contribution in [0.25, 0.3) is 0 Å². The molecule has 2 saturated carbocycles. The normalized spacial score (nSPS) is 41.7. The largest absolute Gasteiger partial charge is 0.298 e. The van der Waals surface area contributed by atoms with Gasteiger partial charge in [-0.15, -0.1) is 6.58 Å². The molecule has 0 amide bonds. The van der Waals surface area contributed by atoms with Crippen LogP contribution >= 0.6 is 15.9 Å². The van der Waals surface area contributed by atoms with Crippen LogP contribution in [-0.2, 0) is 14.8 Å². The van der Waals surface area contributed by atoms with Crippen LogP contribution in [0.3, 0.4) is 0 Å². The summed E-state index contributed by atoms with van der Waals surface area (Å²) in [6.45, 7) is 7.59. The van der Waals surface area contributed by atoms with Gasteiger partial charge >= 0.3 is 0 Å². The van der Waals surface area contributed by atoms with Crippen LogP contribution in [0.4, 0.5) is 0 Å². The van der Waals surface area contributed by atoms with Crippen molar-refractivity contribution in [3.8, 4) is 0 Å². The topological polar surface area (TPSA) is 63.2 Å². The van der Waals surface area contributed by atoms with Crippen LogP contribution in [-0.4, -0.2) is 31.3 Å². The third-order valence-corrected chi connectivity index (χ3v) is 7.76. The Morgan fingerprint density at radius 1 is 1.53 bits per heavy atom. The number of carbonyl (C=O) groups is 1. The van der Waals surface area contributed by atoms with Crippen molar-refractivity contribution in [2.45, 2.75) is 31.5 Å². The van der Waals surface area contributed by atoms with Crippen molar-refractivity contribution >= 4 is 31.7 Å².